The Bertz CT molecular complexity index is 540. The van der Waals surface area contributed by atoms with Crippen LogP contribution in [0.1, 0.15) is 11.5 Å². The van der Waals surface area contributed by atoms with Gasteiger partial charge in [-0.2, -0.15) is 0 Å². The molecule has 2 N–H and O–H groups in total. The minimum Gasteiger partial charge on any atom is -0.394 e. The number of ether oxygens (including phenoxy) is 1. The van der Waals surface area contributed by atoms with Gasteiger partial charge < -0.3 is 25.0 Å². The maximum absolute atomic E-state index is 12.5. The van der Waals surface area contributed by atoms with Gasteiger partial charge in [0.05, 0.1) is 25.9 Å². The molecular weight excluding hydrogens is 306 g/mol. The Balaban J connectivity index is 1.59. The molecule has 2 aliphatic rings. The largest absolute Gasteiger partial charge is 0.394 e. The van der Waals surface area contributed by atoms with E-state index >= 15 is 0 Å². The fourth-order valence-corrected chi connectivity index (χ4v) is 3.76. The zero-order chi connectivity index (χ0) is 16.9. The summed E-state index contributed by atoms with van der Waals surface area (Å²) in [6, 6.07) is 10.2. The Kier molecular flexibility index (Phi) is 5.71. The quantitative estimate of drug-likeness (QED) is 0.853. The van der Waals surface area contributed by atoms with Crippen LogP contribution >= 0.6 is 0 Å². The molecule has 6 nitrogen and oxygen atoms in total. The standard InChI is InChI=1S/C18H27N3O3/c1-20-10-15(17(11-20)14-5-3-2-4-6-14)9-19-18(23)21-7-8-24-13-16(21)12-22/h2-6,15-17,22H,7-13H2,1H3,(H,19,23)/t15-,16-,17+/m1/s1. The van der Waals surface area contributed by atoms with Crippen molar-refractivity contribution in [2.75, 3.05) is 53.0 Å². The smallest absolute Gasteiger partial charge is 0.317 e. The molecule has 132 valence electrons. The van der Waals surface area contributed by atoms with Crippen LogP contribution in [0.15, 0.2) is 30.3 Å². The summed E-state index contributed by atoms with van der Waals surface area (Å²) in [6.45, 7) is 4.05. The number of hydrogen-bond acceptors (Lipinski definition) is 4. The molecule has 0 bridgehead atoms. The average molecular weight is 333 g/mol. The Hall–Kier alpha value is -1.63. The fraction of sp³-hybridized carbons (Fsp3) is 0.611. The lowest BCUT2D eigenvalue weighted by Gasteiger charge is -2.34. The number of aliphatic hydroxyl groups excluding tert-OH is 1. The number of nitrogens with one attached hydrogen (secondary N) is 1. The van der Waals surface area contributed by atoms with Gasteiger partial charge in [0.15, 0.2) is 0 Å². The number of likely N-dealkylation sites (tertiary alicyclic amines) is 1. The summed E-state index contributed by atoms with van der Waals surface area (Å²) in [5.74, 6) is 0.838. The second-order valence-corrected chi connectivity index (χ2v) is 6.79. The number of rotatable bonds is 4. The first-order valence-electron chi connectivity index (χ1n) is 8.65. The van der Waals surface area contributed by atoms with Crippen LogP contribution < -0.4 is 5.32 Å². The molecule has 0 unspecified atom stereocenters. The highest BCUT2D eigenvalue weighted by atomic mass is 16.5. The summed E-state index contributed by atoms with van der Waals surface area (Å²) in [7, 11) is 2.13. The molecule has 2 amide bonds. The Morgan fingerprint density at radius 1 is 1.33 bits per heavy atom. The SMILES string of the molecule is CN1C[C@@H](CNC(=O)N2CCOC[C@H]2CO)[C@H](c2ccccc2)C1. The van der Waals surface area contributed by atoms with E-state index in [1.165, 1.54) is 5.56 Å². The summed E-state index contributed by atoms with van der Waals surface area (Å²) < 4.78 is 5.33. The number of carbonyl (C=O) groups excluding carboxylic acids is 1. The zero-order valence-corrected chi connectivity index (χ0v) is 14.2. The first-order valence-corrected chi connectivity index (χ1v) is 8.65. The first kappa shape index (κ1) is 17.2. The van der Waals surface area contributed by atoms with Crippen molar-refractivity contribution in [1.82, 2.24) is 15.1 Å². The second-order valence-electron chi connectivity index (χ2n) is 6.79. The number of amides is 2. The molecule has 2 saturated heterocycles. The van der Waals surface area contributed by atoms with Crippen LogP contribution in [-0.2, 0) is 4.74 Å². The van der Waals surface area contributed by atoms with Crippen LogP contribution in [0.2, 0.25) is 0 Å². The molecule has 3 atom stereocenters. The Labute approximate surface area is 143 Å². The molecule has 2 fully saturated rings. The molecule has 1 aromatic carbocycles. The van der Waals surface area contributed by atoms with Crippen molar-refractivity contribution < 1.29 is 14.6 Å². The molecule has 0 saturated carbocycles. The van der Waals surface area contributed by atoms with Gasteiger partial charge >= 0.3 is 6.03 Å². The van der Waals surface area contributed by atoms with Crippen LogP contribution in [0.5, 0.6) is 0 Å². The van der Waals surface area contributed by atoms with Crippen LogP contribution in [0, 0.1) is 5.92 Å². The van der Waals surface area contributed by atoms with Crippen LogP contribution in [0.25, 0.3) is 0 Å². The number of hydrogen-bond donors (Lipinski definition) is 2. The van der Waals surface area contributed by atoms with Crippen molar-refractivity contribution in [2.24, 2.45) is 5.92 Å². The Morgan fingerprint density at radius 2 is 2.12 bits per heavy atom. The first-order chi connectivity index (χ1) is 11.7. The number of aliphatic hydroxyl groups is 1. The van der Waals surface area contributed by atoms with Crippen LogP contribution in [-0.4, -0.2) is 80.0 Å². The van der Waals surface area contributed by atoms with Crippen molar-refractivity contribution in [1.29, 1.82) is 0 Å². The molecule has 0 aromatic heterocycles. The molecule has 24 heavy (non-hydrogen) atoms. The average Bonchev–Trinajstić information content (AvgIpc) is 3.01. The number of likely N-dealkylation sites (N-methyl/N-ethyl adjacent to an activating group) is 1. The van der Waals surface area contributed by atoms with Crippen molar-refractivity contribution in [3.05, 3.63) is 35.9 Å². The molecule has 6 heteroatoms. The van der Waals surface area contributed by atoms with E-state index in [1.54, 1.807) is 4.90 Å². The molecule has 0 spiro atoms. The second kappa shape index (κ2) is 7.96. The summed E-state index contributed by atoms with van der Waals surface area (Å²) >= 11 is 0. The van der Waals surface area contributed by atoms with E-state index in [2.05, 4.69) is 41.5 Å². The summed E-state index contributed by atoms with van der Waals surface area (Å²) in [5, 5.41) is 12.5. The highest BCUT2D eigenvalue weighted by molar-refractivity contribution is 5.74. The minimum absolute atomic E-state index is 0.0633. The topological polar surface area (TPSA) is 65.0 Å². The van der Waals surface area contributed by atoms with E-state index in [0.29, 0.717) is 38.1 Å². The third-order valence-electron chi connectivity index (χ3n) is 5.07. The zero-order valence-electron chi connectivity index (χ0n) is 14.2. The van der Waals surface area contributed by atoms with E-state index in [0.717, 1.165) is 13.1 Å². The van der Waals surface area contributed by atoms with Crippen molar-refractivity contribution >= 4 is 6.03 Å². The molecule has 1 aromatic rings. The van der Waals surface area contributed by atoms with Crippen molar-refractivity contribution in [3.8, 4) is 0 Å². The van der Waals surface area contributed by atoms with Gasteiger partial charge in [0.2, 0.25) is 0 Å². The maximum Gasteiger partial charge on any atom is 0.317 e. The highest BCUT2D eigenvalue weighted by Gasteiger charge is 2.33. The molecule has 3 rings (SSSR count). The highest BCUT2D eigenvalue weighted by Crippen LogP contribution is 2.31. The van der Waals surface area contributed by atoms with Gasteiger partial charge in [-0.25, -0.2) is 4.79 Å². The van der Waals surface area contributed by atoms with E-state index in [4.69, 9.17) is 4.74 Å². The van der Waals surface area contributed by atoms with Crippen LogP contribution in [0.3, 0.4) is 0 Å². The third kappa shape index (κ3) is 3.88. The van der Waals surface area contributed by atoms with Gasteiger partial charge in [-0.15, -0.1) is 0 Å². The normalized spacial score (nSPS) is 28.1. The lowest BCUT2D eigenvalue weighted by molar-refractivity contribution is -0.00774. The van der Waals surface area contributed by atoms with Gasteiger partial charge in [-0.05, 0) is 18.5 Å². The van der Waals surface area contributed by atoms with Crippen molar-refractivity contribution in [2.45, 2.75) is 12.0 Å². The van der Waals surface area contributed by atoms with E-state index in [9.17, 15) is 9.90 Å². The van der Waals surface area contributed by atoms with Gasteiger partial charge in [0.25, 0.3) is 0 Å². The van der Waals surface area contributed by atoms with Crippen LogP contribution in [0.4, 0.5) is 4.79 Å². The van der Waals surface area contributed by atoms with Gasteiger partial charge in [0, 0.05) is 32.1 Å². The monoisotopic (exact) mass is 333 g/mol. The molecule has 2 heterocycles. The van der Waals surface area contributed by atoms with Crippen molar-refractivity contribution in [3.63, 3.8) is 0 Å². The number of carbonyl (C=O) groups is 1. The molecule has 2 aliphatic heterocycles. The number of nitrogens with zero attached hydrogens (tertiary/aromatic N) is 2. The van der Waals surface area contributed by atoms with E-state index in [1.807, 2.05) is 6.07 Å². The maximum atomic E-state index is 12.5. The fourth-order valence-electron chi connectivity index (χ4n) is 3.76. The summed E-state index contributed by atoms with van der Waals surface area (Å²) in [6.07, 6.45) is 0. The van der Waals surface area contributed by atoms with E-state index < -0.39 is 0 Å². The molecular formula is C18H27N3O3. The third-order valence-corrected chi connectivity index (χ3v) is 5.07. The minimum atomic E-state index is -0.241. The number of morpholine rings is 1. The molecule has 0 radical (unpaired) electrons. The van der Waals surface area contributed by atoms with Gasteiger partial charge in [-0.3, -0.25) is 0 Å². The van der Waals surface area contributed by atoms with Gasteiger partial charge in [0.1, 0.15) is 0 Å². The number of urea groups is 1. The summed E-state index contributed by atoms with van der Waals surface area (Å²) in [5.41, 5.74) is 1.33. The number of benzene rings is 1. The van der Waals surface area contributed by atoms with Gasteiger partial charge in [-0.1, -0.05) is 30.3 Å². The predicted molar refractivity (Wildman–Crippen MR) is 92.0 cm³/mol. The Morgan fingerprint density at radius 3 is 2.88 bits per heavy atom. The predicted octanol–water partition coefficient (Wildman–Crippen LogP) is 0.735. The summed E-state index contributed by atoms with van der Waals surface area (Å²) in [4.78, 5) is 16.5. The van der Waals surface area contributed by atoms with E-state index in [-0.39, 0.29) is 18.7 Å². The lowest BCUT2D eigenvalue weighted by Crippen LogP contribution is -2.54. The lowest BCUT2D eigenvalue weighted by atomic mass is 9.89. The molecule has 0 aliphatic carbocycles.